The number of nitrogens with zero attached hydrogens (tertiary/aromatic N) is 4. The summed E-state index contributed by atoms with van der Waals surface area (Å²) in [6, 6.07) is 8.79. The molecule has 9 heteroatoms. The van der Waals surface area contributed by atoms with Gasteiger partial charge in [0.2, 0.25) is 5.91 Å². The number of rotatable bonds is 6. The Balaban J connectivity index is 1.30. The van der Waals surface area contributed by atoms with Crippen LogP contribution in [-0.2, 0) is 11.3 Å². The molecule has 3 aromatic rings. The second-order valence-corrected chi connectivity index (χ2v) is 10.8. The van der Waals surface area contributed by atoms with Crippen molar-refractivity contribution in [3.63, 3.8) is 0 Å². The molecule has 1 aromatic carbocycles. The molecule has 8 nitrogen and oxygen atoms in total. The number of benzene rings is 1. The first-order chi connectivity index (χ1) is 17.0. The van der Waals surface area contributed by atoms with Gasteiger partial charge < -0.3 is 16.0 Å². The van der Waals surface area contributed by atoms with Gasteiger partial charge in [-0.05, 0) is 49.4 Å². The maximum Gasteiger partial charge on any atom is 0.238 e. The van der Waals surface area contributed by atoms with E-state index in [0.29, 0.717) is 6.54 Å². The van der Waals surface area contributed by atoms with E-state index in [1.54, 1.807) is 11.3 Å². The first-order valence-electron chi connectivity index (χ1n) is 12.5. The molecule has 3 N–H and O–H groups in total. The molecule has 0 bridgehead atoms. The zero-order chi connectivity index (χ0) is 24.4. The summed E-state index contributed by atoms with van der Waals surface area (Å²) in [6.07, 6.45) is 1.89. The average Bonchev–Trinajstić information content (AvgIpc) is 3.29. The van der Waals surface area contributed by atoms with E-state index in [0.717, 1.165) is 66.6 Å². The molecule has 0 spiro atoms. The molecule has 2 saturated heterocycles. The smallest absolute Gasteiger partial charge is 0.238 e. The Morgan fingerprint density at radius 2 is 2.06 bits per heavy atom. The van der Waals surface area contributed by atoms with Gasteiger partial charge in [-0.3, -0.25) is 14.6 Å². The Hall–Kier alpha value is -2.43. The lowest BCUT2D eigenvalue weighted by molar-refractivity contribution is -0.118. The van der Waals surface area contributed by atoms with E-state index in [2.05, 4.69) is 62.8 Å². The average molecular weight is 494 g/mol. The van der Waals surface area contributed by atoms with Crippen LogP contribution in [0.25, 0.3) is 10.2 Å². The van der Waals surface area contributed by atoms with Gasteiger partial charge in [0.25, 0.3) is 0 Å². The molecule has 2 aliphatic heterocycles. The van der Waals surface area contributed by atoms with Crippen LogP contribution >= 0.6 is 11.3 Å². The first kappa shape index (κ1) is 24.3. The predicted octanol–water partition coefficient (Wildman–Crippen LogP) is 2.77. The number of aryl methyl sites for hydroxylation is 1. The molecule has 0 radical (unpaired) electrons. The Bertz CT molecular complexity index is 1180. The van der Waals surface area contributed by atoms with Gasteiger partial charge in [0.05, 0.1) is 12.6 Å². The number of hydrogen-bond donors (Lipinski definition) is 3. The molecule has 186 valence electrons. The van der Waals surface area contributed by atoms with Crippen molar-refractivity contribution in [2.45, 2.75) is 45.4 Å². The largest absolute Gasteiger partial charge is 0.325 e. The third kappa shape index (κ3) is 5.70. The van der Waals surface area contributed by atoms with Gasteiger partial charge in [-0.1, -0.05) is 12.1 Å². The third-order valence-corrected chi connectivity index (χ3v) is 7.77. The van der Waals surface area contributed by atoms with Gasteiger partial charge >= 0.3 is 0 Å². The van der Waals surface area contributed by atoms with Crippen LogP contribution in [-0.4, -0.2) is 77.0 Å². The minimum Gasteiger partial charge on any atom is -0.325 e. The molecule has 35 heavy (non-hydrogen) atoms. The molecule has 5 rings (SSSR count). The van der Waals surface area contributed by atoms with Crippen molar-refractivity contribution in [2.24, 2.45) is 0 Å². The molecule has 0 aliphatic carbocycles. The van der Waals surface area contributed by atoms with Gasteiger partial charge in [0.1, 0.15) is 10.7 Å². The molecule has 4 heterocycles. The van der Waals surface area contributed by atoms with Crippen LogP contribution < -0.4 is 16.0 Å². The van der Waals surface area contributed by atoms with Crippen LogP contribution in [0.2, 0.25) is 0 Å². The fourth-order valence-electron chi connectivity index (χ4n) is 5.24. The maximum atomic E-state index is 13.3. The summed E-state index contributed by atoms with van der Waals surface area (Å²) in [4.78, 5) is 28.4. The van der Waals surface area contributed by atoms with Crippen molar-refractivity contribution in [3.05, 3.63) is 52.8 Å². The lowest BCUT2D eigenvalue weighted by Crippen LogP contribution is -2.57. The molecule has 0 saturated carbocycles. The summed E-state index contributed by atoms with van der Waals surface area (Å²) in [7, 11) is 0. The second-order valence-electron chi connectivity index (χ2n) is 9.86. The van der Waals surface area contributed by atoms with E-state index in [1.807, 2.05) is 24.6 Å². The number of hydrogen-bond acceptors (Lipinski definition) is 8. The van der Waals surface area contributed by atoms with Gasteiger partial charge in [-0.25, -0.2) is 9.97 Å². The number of aromatic nitrogens is 2. The molecule has 2 aliphatic rings. The molecule has 2 aromatic heterocycles. The number of fused-ring (bicyclic) bond motifs is 1. The summed E-state index contributed by atoms with van der Waals surface area (Å²) < 4.78 is 0. The third-order valence-electron chi connectivity index (χ3n) is 6.95. The molecule has 2 fully saturated rings. The van der Waals surface area contributed by atoms with Crippen molar-refractivity contribution in [1.29, 1.82) is 0 Å². The van der Waals surface area contributed by atoms with Crippen molar-refractivity contribution in [1.82, 2.24) is 30.4 Å². The van der Waals surface area contributed by atoms with Gasteiger partial charge in [-0.2, -0.15) is 0 Å². The van der Waals surface area contributed by atoms with Gasteiger partial charge in [-0.15, -0.1) is 11.3 Å². The SMILES string of the molecule is Cc1ccc(CN2CCNCC2)cc1NC(=O)CN1CC(C)N[C@@H](C)[C@H]1c1ncc2ccsc2n1. The zero-order valence-corrected chi connectivity index (χ0v) is 21.6. The van der Waals surface area contributed by atoms with Crippen molar-refractivity contribution < 1.29 is 4.79 Å². The van der Waals surface area contributed by atoms with E-state index in [9.17, 15) is 4.79 Å². The van der Waals surface area contributed by atoms with E-state index in [4.69, 9.17) is 4.98 Å². The highest BCUT2D eigenvalue weighted by Gasteiger charge is 2.35. The Morgan fingerprint density at radius 3 is 2.89 bits per heavy atom. The first-order valence-corrected chi connectivity index (χ1v) is 13.4. The van der Waals surface area contributed by atoms with Crippen molar-refractivity contribution >= 4 is 33.1 Å². The number of nitrogens with one attached hydrogen (secondary N) is 3. The number of anilines is 1. The normalized spacial score (nSPS) is 24.0. The van der Waals surface area contributed by atoms with Gasteiger partial charge in [0.15, 0.2) is 0 Å². The molecular weight excluding hydrogens is 458 g/mol. The highest BCUT2D eigenvalue weighted by Crippen LogP contribution is 2.28. The van der Waals surface area contributed by atoms with E-state index in [-0.39, 0.29) is 24.0 Å². The number of piperazine rings is 2. The summed E-state index contributed by atoms with van der Waals surface area (Å²) >= 11 is 1.62. The van der Waals surface area contributed by atoms with E-state index >= 15 is 0 Å². The Kier molecular flexibility index (Phi) is 7.40. The molecule has 3 atom stereocenters. The summed E-state index contributed by atoms with van der Waals surface area (Å²) in [5.74, 6) is 0.768. The summed E-state index contributed by atoms with van der Waals surface area (Å²) in [5.41, 5.74) is 3.20. The molecule has 1 amide bonds. The quantitative estimate of drug-likeness (QED) is 0.487. The Morgan fingerprint density at radius 1 is 1.23 bits per heavy atom. The van der Waals surface area contributed by atoms with Crippen LogP contribution in [0.1, 0.15) is 36.8 Å². The highest BCUT2D eigenvalue weighted by molar-refractivity contribution is 7.16. The topological polar surface area (TPSA) is 85.4 Å². The number of thiophene rings is 1. The van der Waals surface area contributed by atoms with Crippen molar-refractivity contribution in [2.75, 3.05) is 44.6 Å². The molecular formula is C26H35N7OS. The predicted molar refractivity (Wildman–Crippen MR) is 142 cm³/mol. The van der Waals surface area contributed by atoms with E-state index < -0.39 is 0 Å². The monoisotopic (exact) mass is 493 g/mol. The summed E-state index contributed by atoms with van der Waals surface area (Å²) in [6.45, 7) is 12.5. The van der Waals surface area contributed by atoms with E-state index in [1.165, 1.54) is 5.56 Å². The fraction of sp³-hybridized carbons (Fsp3) is 0.500. The highest BCUT2D eigenvalue weighted by atomic mass is 32.1. The van der Waals surface area contributed by atoms with Crippen LogP contribution in [0.3, 0.4) is 0 Å². The zero-order valence-electron chi connectivity index (χ0n) is 20.8. The maximum absolute atomic E-state index is 13.3. The number of carbonyl (C=O) groups is 1. The molecule has 1 unspecified atom stereocenters. The minimum atomic E-state index is -0.0661. The lowest BCUT2D eigenvalue weighted by atomic mass is 10.0. The number of amides is 1. The standard InChI is InChI=1S/C26H35N7OS/c1-17-4-5-20(15-32-9-7-27-8-10-32)12-22(17)30-23(34)16-33-14-18(2)29-19(3)24(33)25-28-13-21-6-11-35-26(21)31-25/h4-6,11-13,18-19,24,27,29H,7-10,14-16H2,1-3H3,(H,30,34)/t18?,19-,24-/m0/s1. The van der Waals surface area contributed by atoms with Gasteiger partial charge in [0, 0.05) is 68.6 Å². The second kappa shape index (κ2) is 10.7. The van der Waals surface area contributed by atoms with Crippen LogP contribution in [0.5, 0.6) is 0 Å². The van der Waals surface area contributed by atoms with Crippen molar-refractivity contribution in [3.8, 4) is 0 Å². The Labute approximate surface area is 211 Å². The van der Waals surface area contributed by atoms with Crippen LogP contribution in [0, 0.1) is 6.92 Å². The van der Waals surface area contributed by atoms with Crippen LogP contribution in [0.4, 0.5) is 5.69 Å². The minimum absolute atomic E-state index is 0.00377. The van der Waals surface area contributed by atoms with Crippen LogP contribution in [0.15, 0.2) is 35.8 Å². The summed E-state index contributed by atoms with van der Waals surface area (Å²) in [5, 5.41) is 13.3. The number of carbonyl (C=O) groups excluding carboxylic acids is 1. The fourth-order valence-corrected chi connectivity index (χ4v) is 5.99. The lowest BCUT2D eigenvalue weighted by Gasteiger charge is -2.42.